The Morgan fingerprint density at radius 3 is 2.41 bits per heavy atom. The SMILES string of the molecule is Cc1ccc(C)c(C(=O)CCC(=O)N2CCN(C(=O)C3CC3)CC2(C)C)c1. The average Bonchev–Trinajstić information content (AvgIpc) is 3.45. The van der Waals surface area contributed by atoms with E-state index >= 15 is 0 Å². The van der Waals surface area contributed by atoms with E-state index in [0.717, 1.165) is 24.0 Å². The summed E-state index contributed by atoms with van der Waals surface area (Å²) < 4.78 is 0. The van der Waals surface area contributed by atoms with Gasteiger partial charge in [0.2, 0.25) is 11.8 Å². The van der Waals surface area contributed by atoms with Gasteiger partial charge in [-0.3, -0.25) is 14.4 Å². The van der Waals surface area contributed by atoms with Crippen LogP contribution in [0.3, 0.4) is 0 Å². The molecule has 1 aromatic rings. The van der Waals surface area contributed by atoms with Crippen molar-refractivity contribution in [2.75, 3.05) is 19.6 Å². The van der Waals surface area contributed by atoms with Crippen LogP contribution in [0.15, 0.2) is 18.2 Å². The van der Waals surface area contributed by atoms with Crippen LogP contribution in [0.2, 0.25) is 0 Å². The predicted octanol–water partition coefficient (Wildman–Crippen LogP) is 3.13. The first kappa shape index (κ1) is 19.6. The first-order chi connectivity index (χ1) is 12.7. The van der Waals surface area contributed by atoms with Crippen molar-refractivity contribution in [1.82, 2.24) is 9.80 Å². The number of Topliss-reactive ketones (excluding diaryl/α,β-unsaturated/α-hetero) is 1. The quantitative estimate of drug-likeness (QED) is 0.748. The molecular weight excluding hydrogens is 340 g/mol. The molecule has 0 spiro atoms. The molecule has 1 aliphatic heterocycles. The van der Waals surface area contributed by atoms with Crippen molar-refractivity contribution in [3.05, 3.63) is 34.9 Å². The van der Waals surface area contributed by atoms with Gasteiger partial charge in [0.05, 0.1) is 5.54 Å². The van der Waals surface area contributed by atoms with E-state index in [0.29, 0.717) is 25.2 Å². The molecule has 5 nitrogen and oxygen atoms in total. The van der Waals surface area contributed by atoms with Crippen molar-refractivity contribution in [3.8, 4) is 0 Å². The lowest BCUT2D eigenvalue weighted by Crippen LogP contribution is -2.62. The summed E-state index contributed by atoms with van der Waals surface area (Å²) in [6, 6.07) is 5.83. The zero-order valence-corrected chi connectivity index (χ0v) is 16.9. The van der Waals surface area contributed by atoms with Crippen LogP contribution in [0.5, 0.6) is 0 Å². The minimum atomic E-state index is -0.401. The molecule has 1 aliphatic carbocycles. The zero-order chi connectivity index (χ0) is 19.8. The van der Waals surface area contributed by atoms with Crippen LogP contribution >= 0.6 is 0 Å². The second-order valence-corrected chi connectivity index (χ2v) is 8.63. The minimum absolute atomic E-state index is 0.00261. The molecule has 0 N–H and O–H groups in total. The number of hydrogen-bond donors (Lipinski definition) is 0. The maximum Gasteiger partial charge on any atom is 0.225 e. The van der Waals surface area contributed by atoms with Crippen LogP contribution in [-0.4, -0.2) is 52.6 Å². The van der Waals surface area contributed by atoms with E-state index in [1.54, 1.807) is 0 Å². The molecule has 0 unspecified atom stereocenters. The number of aryl methyl sites for hydroxylation is 2. The molecule has 0 atom stereocenters. The highest BCUT2D eigenvalue weighted by Gasteiger charge is 2.41. The van der Waals surface area contributed by atoms with Crippen LogP contribution in [-0.2, 0) is 9.59 Å². The molecule has 2 amide bonds. The molecule has 0 aromatic heterocycles. The molecule has 1 aromatic carbocycles. The van der Waals surface area contributed by atoms with Gasteiger partial charge in [0.15, 0.2) is 5.78 Å². The first-order valence-electron chi connectivity index (χ1n) is 9.89. The zero-order valence-electron chi connectivity index (χ0n) is 16.9. The molecule has 0 radical (unpaired) electrons. The molecule has 0 bridgehead atoms. The lowest BCUT2D eigenvalue weighted by molar-refractivity contribution is -0.148. The standard InChI is InChI=1S/C22H30N2O3/c1-15-5-6-16(2)18(13-15)19(25)9-10-20(26)24-12-11-23(14-22(24,3)4)21(27)17-7-8-17/h5-6,13,17H,7-12,14H2,1-4H3. The lowest BCUT2D eigenvalue weighted by atomic mass is 9.96. The Bertz CT molecular complexity index is 765. The second-order valence-electron chi connectivity index (χ2n) is 8.63. The number of hydrogen-bond acceptors (Lipinski definition) is 3. The third-order valence-electron chi connectivity index (χ3n) is 5.70. The molecule has 5 heteroatoms. The fourth-order valence-corrected chi connectivity index (χ4v) is 3.92. The molecule has 2 aliphatic rings. The van der Waals surface area contributed by atoms with Gasteiger partial charge in [-0.2, -0.15) is 0 Å². The number of nitrogens with zero attached hydrogens (tertiary/aromatic N) is 2. The van der Waals surface area contributed by atoms with E-state index in [1.807, 2.05) is 55.7 Å². The van der Waals surface area contributed by atoms with Crippen molar-refractivity contribution in [1.29, 1.82) is 0 Å². The number of ketones is 1. The topological polar surface area (TPSA) is 57.7 Å². The normalized spacial score (nSPS) is 19.1. The summed E-state index contributed by atoms with van der Waals surface area (Å²) in [5.74, 6) is 0.459. The number of carbonyl (C=O) groups excluding carboxylic acids is 3. The van der Waals surface area contributed by atoms with Crippen LogP contribution in [0.25, 0.3) is 0 Å². The average molecular weight is 370 g/mol. The molecule has 2 fully saturated rings. The predicted molar refractivity (Wildman–Crippen MR) is 105 cm³/mol. The first-order valence-corrected chi connectivity index (χ1v) is 9.89. The van der Waals surface area contributed by atoms with E-state index in [4.69, 9.17) is 0 Å². The Labute approximate surface area is 161 Å². The molecule has 1 saturated carbocycles. The van der Waals surface area contributed by atoms with Crippen molar-refractivity contribution in [2.24, 2.45) is 5.92 Å². The Balaban J connectivity index is 1.58. The third kappa shape index (κ3) is 4.40. The van der Waals surface area contributed by atoms with Gasteiger partial charge in [0, 0.05) is 44.0 Å². The van der Waals surface area contributed by atoms with E-state index in [-0.39, 0.29) is 36.4 Å². The molecule has 3 rings (SSSR count). The highest BCUT2D eigenvalue weighted by atomic mass is 16.2. The van der Waals surface area contributed by atoms with Gasteiger partial charge in [-0.1, -0.05) is 17.7 Å². The summed E-state index contributed by atoms with van der Waals surface area (Å²) in [5, 5.41) is 0. The molecule has 1 heterocycles. The van der Waals surface area contributed by atoms with E-state index in [9.17, 15) is 14.4 Å². The van der Waals surface area contributed by atoms with Gasteiger partial charge in [-0.05, 0) is 52.2 Å². The summed E-state index contributed by atoms with van der Waals surface area (Å²) in [6.45, 7) is 9.60. The van der Waals surface area contributed by atoms with E-state index in [2.05, 4.69) is 0 Å². The molecule has 27 heavy (non-hydrogen) atoms. The van der Waals surface area contributed by atoms with Crippen LogP contribution in [0.1, 0.15) is 61.0 Å². The maximum atomic E-state index is 12.8. The molecule has 146 valence electrons. The largest absolute Gasteiger partial charge is 0.338 e. The van der Waals surface area contributed by atoms with Gasteiger partial charge in [0.1, 0.15) is 0 Å². The van der Waals surface area contributed by atoms with Gasteiger partial charge in [-0.25, -0.2) is 0 Å². The summed E-state index contributed by atoms with van der Waals surface area (Å²) >= 11 is 0. The smallest absolute Gasteiger partial charge is 0.225 e. The second kappa shape index (κ2) is 7.45. The Morgan fingerprint density at radius 1 is 1.07 bits per heavy atom. The minimum Gasteiger partial charge on any atom is -0.338 e. The van der Waals surface area contributed by atoms with Gasteiger partial charge >= 0.3 is 0 Å². The summed E-state index contributed by atoms with van der Waals surface area (Å²) in [6.07, 6.45) is 2.43. The summed E-state index contributed by atoms with van der Waals surface area (Å²) in [4.78, 5) is 41.4. The highest BCUT2D eigenvalue weighted by molar-refractivity contribution is 5.99. The highest BCUT2D eigenvalue weighted by Crippen LogP contribution is 2.33. The van der Waals surface area contributed by atoms with Gasteiger partial charge in [0.25, 0.3) is 0 Å². The lowest BCUT2D eigenvalue weighted by Gasteiger charge is -2.47. The third-order valence-corrected chi connectivity index (χ3v) is 5.70. The Morgan fingerprint density at radius 2 is 1.78 bits per heavy atom. The van der Waals surface area contributed by atoms with Crippen LogP contribution < -0.4 is 0 Å². The van der Waals surface area contributed by atoms with Crippen molar-refractivity contribution in [3.63, 3.8) is 0 Å². The molecular formula is C22H30N2O3. The molecule has 1 saturated heterocycles. The van der Waals surface area contributed by atoms with E-state index in [1.165, 1.54) is 0 Å². The van der Waals surface area contributed by atoms with Crippen LogP contribution in [0, 0.1) is 19.8 Å². The number of amides is 2. The Kier molecular flexibility index (Phi) is 5.41. The van der Waals surface area contributed by atoms with Gasteiger partial charge in [-0.15, -0.1) is 0 Å². The number of piperazine rings is 1. The van der Waals surface area contributed by atoms with Crippen molar-refractivity contribution >= 4 is 17.6 Å². The number of benzene rings is 1. The van der Waals surface area contributed by atoms with E-state index < -0.39 is 5.54 Å². The van der Waals surface area contributed by atoms with Crippen molar-refractivity contribution in [2.45, 2.75) is 58.9 Å². The maximum absolute atomic E-state index is 12.8. The van der Waals surface area contributed by atoms with Gasteiger partial charge < -0.3 is 9.80 Å². The number of rotatable bonds is 5. The summed E-state index contributed by atoms with van der Waals surface area (Å²) in [5.41, 5.74) is 2.31. The fourth-order valence-electron chi connectivity index (χ4n) is 3.92. The van der Waals surface area contributed by atoms with Crippen molar-refractivity contribution < 1.29 is 14.4 Å². The monoisotopic (exact) mass is 370 g/mol. The van der Waals surface area contributed by atoms with Crippen LogP contribution in [0.4, 0.5) is 0 Å². The number of carbonyl (C=O) groups is 3. The summed E-state index contributed by atoms with van der Waals surface area (Å²) in [7, 11) is 0. The fraction of sp³-hybridized carbons (Fsp3) is 0.591. The Hall–Kier alpha value is -2.17.